The lowest BCUT2D eigenvalue weighted by Crippen LogP contribution is -2.27. The zero-order valence-corrected chi connectivity index (χ0v) is 17.7. The molecule has 30 heavy (non-hydrogen) atoms. The van der Waals surface area contributed by atoms with Gasteiger partial charge in [0.1, 0.15) is 5.01 Å². The van der Waals surface area contributed by atoms with Gasteiger partial charge in [0.15, 0.2) is 0 Å². The molecule has 152 valence electrons. The van der Waals surface area contributed by atoms with E-state index in [1.165, 1.54) is 16.9 Å². The van der Waals surface area contributed by atoms with Crippen LogP contribution in [0.15, 0.2) is 55.1 Å². The van der Waals surface area contributed by atoms with Crippen molar-refractivity contribution in [3.05, 3.63) is 71.8 Å². The van der Waals surface area contributed by atoms with Crippen molar-refractivity contribution in [1.29, 1.82) is 0 Å². The molecule has 0 spiro atoms. The molecule has 2 aromatic carbocycles. The highest BCUT2D eigenvalue weighted by Gasteiger charge is 2.30. The highest BCUT2D eigenvalue weighted by atomic mass is 32.1. The Balaban J connectivity index is 1.35. The quantitative estimate of drug-likeness (QED) is 0.625. The molecular formula is C23H22N4O2S. The first-order valence-corrected chi connectivity index (χ1v) is 10.6. The average Bonchev–Trinajstić information content (AvgIpc) is 3.30. The normalized spacial score (nSPS) is 13.1. The largest absolute Gasteiger partial charge is 0.308 e. The number of hydrogen-bond acceptors (Lipinski definition) is 5. The molecular weight excluding hydrogens is 396 g/mol. The van der Waals surface area contributed by atoms with Crippen LogP contribution < -0.4 is 5.32 Å². The zero-order valence-electron chi connectivity index (χ0n) is 16.9. The number of aromatic nitrogens is 2. The van der Waals surface area contributed by atoms with Crippen LogP contribution in [0.2, 0.25) is 0 Å². The maximum absolute atomic E-state index is 12.5. The Labute approximate surface area is 179 Å². The van der Waals surface area contributed by atoms with Crippen LogP contribution in [0.3, 0.4) is 0 Å². The fraction of sp³-hybridized carbons (Fsp3) is 0.217. The summed E-state index contributed by atoms with van der Waals surface area (Å²) in [5.74, 6) is 0.130. The van der Waals surface area contributed by atoms with Crippen LogP contribution in [0.25, 0.3) is 16.3 Å². The molecule has 6 nitrogen and oxygen atoms in total. The molecule has 0 radical (unpaired) electrons. The molecule has 1 aliphatic heterocycles. The number of carbonyl (C=O) groups excluding carboxylic acids is 2. The fourth-order valence-electron chi connectivity index (χ4n) is 3.37. The second-order valence-electron chi connectivity index (χ2n) is 7.44. The summed E-state index contributed by atoms with van der Waals surface area (Å²) in [6.45, 7) is 8.56. The van der Waals surface area contributed by atoms with Gasteiger partial charge in [-0.1, -0.05) is 74.2 Å². The topological polar surface area (TPSA) is 75.2 Å². The van der Waals surface area contributed by atoms with Crippen molar-refractivity contribution in [2.45, 2.75) is 26.2 Å². The smallest absolute Gasteiger partial charge is 0.258 e. The summed E-state index contributed by atoms with van der Waals surface area (Å²) in [5.41, 5.74) is 4.30. The van der Waals surface area contributed by atoms with E-state index in [1.54, 1.807) is 11.0 Å². The van der Waals surface area contributed by atoms with E-state index < -0.39 is 0 Å². The number of amides is 2. The number of nitrogens with zero attached hydrogens (tertiary/aromatic N) is 3. The van der Waals surface area contributed by atoms with Crippen molar-refractivity contribution >= 4 is 34.0 Å². The van der Waals surface area contributed by atoms with Crippen LogP contribution in [-0.4, -0.2) is 33.5 Å². The van der Waals surface area contributed by atoms with Crippen LogP contribution in [0.5, 0.6) is 0 Å². The number of anilines is 1. The Hall–Kier alpha value is -3.32. The second-order valence-corrected chi connectivity index (χ2v) is 8.41. The lowest BCUT2D eigenvalue weighted by atomic mass is 10.0. The third-order valence-electron chi connectivity index (χ3n) is 5.10. The average molecular weight is 419 g/mol. The van der Waals surface area contributed by atoms with Crippen molar-refractivity contribution < 1.29 is 9.59 Å². The summed E-state index contributed by atoms with van der Waals surface area (Å²) in [6, 6.07) is 15.5. The second kappa shape index (κ2) is 8.20. The standard InChI is InChI=1S/C23H22N4O2S/c1-14(2)16-8-10-17(11-9-16)21-25-26-23(30-21)24-20(28)12-13-27-15(3)18-6-4-5-7-19(18)22(27)29/h4-11,14H,3,12-13H2,1-2H3,(H,24,26,28). The first-order valence-electron chi connectivity index (χ1n) is 9.78. The molecule has 0 saturated heterocycles. The van der Waals surface area contributed by atoms with E-state index in [2.05, 4.69) is 48.1 Å². The van der Waals surface area contributed by atoms with Gasteiger partial charge >= 0.3 is 0 Å². The molecule has 4 rings (SSSR count). The van der Waals surface area contributed by atoms with Crippen LogP contribution in [0.4, 0.5) is 5.13 Å². The molecule has 0 unspecified atom stereocenters. The van der Waals surface area contributed by atoms with Crippen molar-refractivity contribution in [2.24, 2.45) is 0 Å². The molecule has 1 aromatic heterocycles. The van der Waals surface area contributed by atoms with Gasteiger partial charge in [-0.3, -0.25) is 9.59 Å². The Morgan fingerprint density at radius 1 is 1.10 bits per heavy atom. The van der Waals surface area contributed by atoms with Gasteiger partial charge in [0.2, 0.25) is 11.0 Å². The van der Waals surface area contributed by atoms with E-state index in [0.29, 0.717) is 22.3 Å². The monoisotopic (exact) mass is 418 g/mol. The molecule has 0 fully saturated rings. The molecule has 0 atom stereocenters. The number of rotatable bonds is 6. The fourth-order valence-corrected chi connectivity index (χ4v) is 4.13. The van der Waals surface area contributed by atoms with Crippen molar-refractivity contribution in [2.75, 3.05) is 11.9 Å². The predicted molar refractivity (Wildman–Crippen MR) is 119 cm³/mol. The molecule has 3 aromatic rings. The van der Waals surface area contributed by atoms with Crippen molar-refractivity contribution in [3.63, 3.8) is 0 Å². The number of benzene rings is 2. The zero-order chi connectivity index (χ0) is 21.3. The molecule has 7 heteroatoms. The predicted octanol–water partition coefficient (Wildman–Crippen LogP) is 4.78. The first kappa shape index (κ1) is 20.0. The highest BCUT2D eigenvalue weighted by Crippen LogP contribution is 2.31. The SMILES string of the molecule is C=C1c2ccccc2C(=O)N1CCC(=O)Nc1nnc(-c2ccc(C(C)C)cc2)s1. The maximum atomic E-state index is 12.5. The van der Waals surface area contributed by atoms with Gasteiger partial charge < -0.3 is 10.2 Å². The molecule has 0 aliphatic carbocycles. The van der Waals surface area contributed by atoms with Gasteiger partial charge in [-0.05, 0) is 17.5 Å². The molecule has 0 saturated carbocycles. The number of carbonyl (C=O) groups is 2. The summed E-state index contributed by atoms with van der Waals surface area (Å²) < 4.78 is 0. The Bertz CT molecular complexity index is 1080. The summed E-state index contributed by atoms with van der Waals surface area (Å²) >= 11 is 1.33. The minimum absolute atomic E-state index is 0.119. The number of hydrogen-bond donors (Lipinski definition) is 1. The van der Waals surface area contributed by atoms with Crippen LogP contribution in [-0.2, 0) is 4.79 Å². The lowest BCUT2D eigenvalue weighted by molar-refractivity contribution is -0.116. The summed E-state index contributed by atoms with van der Waals surface area (Å²) in [7, 11) is 0. The number of nitrogens with one attached hydrogen (secondary N) is 1. The van der Waals surface area contributed by atoms with Crippen LogP contribution in [0, 0.1) is 0 Å². The molecule has 0 bridgehead atoms. The highest BCUT2D eigenvalue weighted by molar-refractivity contribution is 7.18. The van der Waals surface area contributed by atoms with E-state index in [0.717, 1.165) is 16.1 Å². The van der Waals surface area contributed by atoms with Gasteiger partial charge in [-0.2, -0.15) is 0 Å². The molecule has 2 amide bonds. The van der Waals surface area contributed by atoms with Gasteiger partial charge in [-0.15, -0.1) is 10.2 Å². The van der Waals surface area contributed by atoms with E-state index in [1.807, 2.05) is 30.3 Å². The minimum atomic E-state index is -0.218. The summed E-state index contributed by atoms with van der Waals surface area (Å²) in [6.07, 6.45) is 0.150. The van der Waals surface area contributed by atoms with Gasteiger partial charge in [0.25, 0.3) is 5.91 Å². The van der Waals surface area contributed by atoms with Gasteiger partial charge in [0, 0.05) is 35.4 Å². The third-order valence-corrected chi connectivity index (χ3v) is 5.99. The van der Waals surface area contributed by atoms with Crippen LogP contribution in [0.1, 0.15) is 47.7 Å². The van der Waals surface area contributed by atoms with E-state index >= 15 is 0 Å². The minimum Gasteiger partial charge on any atom is -0.308 e. The molecule has 1 N–H and O–H groups in total. The van der Waals surface area contributed by atoms with E-state index in [9.17, 15) is 9.59 Å². The lowest BCUT2D eigenvalue weighted by Gasteiger charge is -2.16. The summed E-state index contributed by atoms with van der Waals surface area (Å²) in [4.78, 5) is 26.4. The first-order chi connectivity index (χ1) is 14.4. The Morgan fingerprint density at radius 2 is 1.80 bits per heavy atom. The summed E-state index contributed by atoms with van der Waals surface area (Å²) in [5, 5.41) is 12.2. The third kappa shape index (κ3) is 3.89. The van der Waals surface area contributed by atoms with Crippen molar-refractivity contribution in [3.8, 4) is 10.6 Å². The Morgan fingerprint density at radius 3 is 2.47 bits per heavy atom. The number of fused-ring (bicyclic) bond motifs is 1. The van der Waals surface area contributed by atoms with Crippen LogP contribution >= 0.6 is 11.3 Å². The maximum Gasteiger partial charge on any atom is 0.258 e. The van der Waals surface area contributed by atoms with Crippen molar-refractivity contribution in [1.82, 2.24) is 15.1 Å². The van der Waals surface area contributed by atoms with E-state index in [4.69, 9.17) is 0 Å². The Kier molecular flexibility index (Phi) is 5.46. The molecule has 1 aliphatic rings. The van der Waals surface area contributed by atoms with Gasteiger partial charge in [-0.25, -0.2) is 0 Å². The van der Waals surface area contributed by atoms with E-state index in [-0.39, 0.29) is 24.8 Å². The molecule has 2 heterocycles. The van der Waals surface area contributed by atoms with Gasteiger partial charge in [0.05, 0.1) is 0 Å².